The summed E-state index contributed by atoms with van der Waals surface area (Å²) in [5.41, 5.74) is 0.918. The van der Waals surface area contributed by atoms with Crippen molar-refractivity contribution in [2.24, 2.45) is 0 Å². The first kappa shape index (κ1) is 11.6. The number of benzene rings is 1. The van der Waals surface area contributed by atoms with Crippen molar-refractivity contribution in [1.29, 1.82) is 0 Å². The lowest BCUT2D eigenvalue weighted by Crippen LogP contribution is -2.55. The highest BCUT2D eigenvalue weighted by Gasteiger charge is 2.48. The van der Waals surface area contributed by atoms with Crippen molar-refractivity contribution in [2.45, 2.75) is 25.3 Å². The van der Waals surface area contributed by atoms with E-state index in [2.05, 4.69) is 0 Å². The third kappa shape index (κ3) is 1.69. The SMILES string of the molecule is CC(=O)N(C)C1(C(=O)O)Cc2ccccc2C1. The molecule has 0 heterocycles. The second-order valence-electron chi connectivity index (χ2n) is 4.54. The fraction of sp³-hybridized carbons (Fsp3) is 0.385. The number of hydrogen-bond donors (Lipinski definition) is 1. The van der Waals surface area contributed by atoms with E-state index < -0.39 is 11.5 Å². The molecule has 1 amide bonds. The maximum atomic E-state index is 11.5. The summed E-state index contributed by atoms with van der Waals surface area (Å²) >= 11 is 0. The minimum atomic E-state index is -1.12. The molecule has 17 heavy (non-hydrogen) atoms. The van der Waals surface area contributed by atoms with Crippen LogP contribution in [0.15, 0.2) is 24.3 Å². The fourth-order valence-electron chi connectivity index (χ4n) is 2.43. The number of carboxylic acids is 1. The number of amides is 1. The van der Waals surface area contributed by atoms with Gasteiger partial charge in [0.25, 0.3) is 0 Å². The van der Waals surface area contributed by atoms with E-state index in [1.807, 2.05) is 24.3 Å². The van der Waals surface area contributed by atoms with Crippen molar-refractivity contribution in [2.75, 3.05) is 7.05 Å². The third-order valence-electron chi connectivity index (χ3n) is 3.60. The fourth-order valence-corrected chi connectivity index (χ4v) is 2.43. The smallest absolute Gasteiger partial charge is 0.330 e. The number of carbonyl (C=O) groups is 2. The maximum absolute atomic E-state index is 11.5. The summed E-state index contributed by atoms with van der Waals surface area (Å²) < 4.78 is 0. The normalized spacial score (nSPS) is 16.4. The molecule has 4 nitrogen and oxygen atoms in total. The Kier molecular flexibility index (Phi) is 2.65. The van der Waals surface area contributed by atoms with E-state index in [-0.39, 0.29) is 5.91 Å². The molecule has 0 aliphatic heterocycles. The largest absolute Gasteiger partial charge is 0.479 e. The Morgan fingerprint density at radius 2 is 1.71 bits per heavy atom. The maximum Gasteiger partial charge on any atom is 0.330 e. The van der Waals surface area contributed by atoms with E-state index in [0.717, 1.165) is 11.1 Å². The van der Waals surface area contributed by atoms with E-state index in [4.69, 9.17) is 0 Å². The van der Waals surface area contributed by atoms with Gasteiger partial charge in [0, 0.05) is 26.8 Å². The number of likely N-dealkylation sites (N-methyl/N-ethyl adjacent to an activating group) is 1. The van der Waals surface area contributed by atoms with Gasteiger partial charge in [0.1, 0.15) is 5.54 Å². The van der Waals surface area contributed by atoms with Crippen LogP contribution in [0.5, 0.6) is 0 Å². The number of carboxylic acid groups (broad SMARTS) is 1. The molecule has 0 bridgehead atoms. The van der Waals surface area contributed by atoms with Gasteiger partial charge in [-0.2, -0.15) is 0 Å². The average molecular weight is 233 g/mol. The Balaban J connectivity index is 2.43. The Bertz CT molecular complexity index is 456. The summed E-state index contributed by atoms with van der Waals surface area (Å²) in [5, 5.41) is 9.46. The van der Waals surface area contributed by atoms with Crippen LogP contribution in [-0.2, 0) is 22.4 Å². The third-order valence-corrected chi connectivity index (χ3v) is 3.60. The lowest BCUT2D eigenvalue weighted by atomic mass is 9.94. The van der Waals surface area contributed by atoms with Crippen LogP contribution in [0.3, 0.4) is 0 Å². The van der Waals surface area contributed by atoms with E-state index >= 15 is 0 Å². The molecule has 2 rings (SSSR count). The molecular formula is C13H15NO3. The van der Waals surface area contributed by atoms with Crippen molar-refractivity contribution >= 4 is 11.9 Å². The van der Waals surface area contributed by atoms with Crippen molar-refractivity contribution < 1.29 is 14.7 Å². The predicted molar refractivity (Wildman–Crippen MR) is 62.7 cm³/mol. The molecule has 1 aromatic rings. The molecule has 1 aliphatic rings. The first-order chi connectivity index (χ1) is 7.97. The quantitative estimate of drug-likeness (QED) is 0.831. The molecule has 0 atom stereocenters. The van der Waals surface area contributed by atoms with E-state index in [1.54, 1.807) is 7.05 Å². The number of rotatable bonds is 2. The minimum Gasteiger partial charge on any atom is -0.479 e. The predicted octanol–water partition coefficient (Wildman–Crippen LogP) is 1.09. The van der Waals surface area contributed by atoms with Crippen LogP contribution in [-0.4, -0.2) is 34.5 Å². The second-order valence-corrected chi connectivity index (χ2v) is 4.54. The van der Waals surface area contributed by atoms with Crippen LogP contribution in [0, 0.1) is 0 Å². The zero-order valence-corrected chi connectivity index (χ0v) is 9.93. The van der Waals surface area contributed by atoms with Gasteiger partial charge >= 0.3 is 5.97 Å². The highest BCUT2D eigenvalue weighted by Crippen LogP contribution is 2.34. The highest BCUT2D eigenvalue weighted by molar-refractivity contribution is 5.87. The van der Waals surface area contributed by atoms with Crippen LogP contribution in [0.25, 0.3) is 0 Å². The van der Waals surface area contributed by atoms with Crippen molar-refractivity contribution in [3.05, 3.63) is 35.4 Å². The summed E-state index contributed by atoms with van der Waals surface area (Å²) in [6.45, 7) is 1.40. The van der Waals surface area contributed by atoms with Crippen molar-refractivity contribution in [3.8, 4) is 0 Å². The van der Waals surface area contributed by atoms with Gasteiger partial charge < -0.3 is 10.0 Å². The molecule has 1 N–H and O–H groups in total. The average Bonchev–Trinajstić information content (AvgIpc) is 2.68. The number of hydrogen-bond acceptors (Lipinski definition) is 2. The molecule has 0 spiro atoms. The number of carbonyl (C=O) groups excluding carboxylic acids is 1. The number of fused-ring (bicyclic) bond motifs is 1. The summed E-state index contributed by atoms with van der Waals surface area (Å²) in [4.78, 5) is 24.3. The standard InChI is InChI=1S/C13H15NO3/c1-9(15)14(2)13(12(16)17)7-10-5-3-4-6-11(10)8-13/h3-6H,7-8H2,1-2H3,(H,16,17). The lowest BCUT2D eigenvalue weighted by Gasteiger charge is -2.34. The van der Waals surface area contributed by atoms with E-state index in [0.29, 0.717) is 12.8 Å². The monoisotopic (exact) mass is 233 g/mol. The van der Waals surface area contributed by atoms with E-state index in [9.17, 15) is 14.7 Å². The zero-order valence-electron chi connectivity index (χ0n) is 9.93. The molecule has 1 aliphatic carbocycles. The zero-order chi connectivity index (χ0) is 12.6. The molecule has 4 heteroatoms. The Morgan fingerprint density at radius 1 is 1.24 bits per heavy atom. The molecular weight excluding hydrogens is 218 g/mol. The van der Waals surface area contributed by atoms with Crippen LogP contribution in [0.4, 0.5) is 0 Å². The molecule has 0 saturated carbocycles. The molecule has 90 valence electrons. The van der Waals surface area contributed by atoms with Crippen LogP contribution >= 0.6 is 0 Å². The molecule has 0 fully saturated rings. The number of aliphatic carboxylic acids is 1. The summed E-state index contributed by atoms with van der Waals surface area (Å²) in [6.07, 6.45) is 0.767. The first-order valence-corrected chi connectivity index (χ1v) is 5.52. The Hall–Kier alpha value is -1.84. The Labute approximate surface area is 99.9 Å². The van der Waals surface area contributed by atoms with Gasteiger partial charge in [0.2, 0.25) is 5.91 Å². The second kappa shape index (κ2) is 3.87. The van der Waals surface area contributed by atoms with Crippen LogP contribution in [0.2, 0.25) is 0 Å². The van der Waals surface area contributed by atoms with Gasteiger partial charge in [-0.15, -0.1) is 0 Å². The van der Waals surface area contributed by atoms with Crippen molar-refractivity contribution in [1.82, 2.24) is 4.90 Å². The van der Waals surface area contributed by atoms with Crippen molar-refractivity contribution in [3.63, 3.8) is 0 Å². The molecule has 0 radical (unpaired) electrons. The van der Waals surface area contributed by atoms with Crippen LogP contribution < -0.4 is 0 Å². The highest BCUT2D eigenvalue weighted by atomic mass is 16.4. The molecule has 0 saturated heterocycles. The van der Waals surface area contributed by atoms with Gasteiger partial charge in [-0.1, -0.05) is 24.3 Å². The summed E-state index contributed by atoms with van der Waals surface area (Å²) in [5.74, 6) is -1.16. The van der Waals surface area contributed by atoms with E-state index in [1.165, 1.54) is 11.8 Å². The summed E-state index contributed by atoms with van der Waals surface area (Å²) in [7, 11) is 1.56. The minimum absolute atomic E-state index is 0.222. The lowest BCUT2D eigenvalue weighted by molar-refractivity contribution is -0.156. The number of nitrogens with zero attached hydrogens (tertiary/aromatic N) is 1. The van der Waals surface area contributed by atoms with Gasteiger partial charge in [0.15, 0.2) is 0 Å². The topological polar surface area (TPSA) is 57.6 Å². The molecule has 0 aromatic heterocycles. The molecule has 1 aromatic carbocycles. The first-order valence-electron chi connectivity index (χ1n) is 5.52. The summed E-state index contributed by atoms with van der Waals surface area (Å²) in [6, 6.07) is 7.64. The van der Waals surface area contributed by atoms with Gasteiger partial charge in [0.05, 0.1) is 0 Å². The van der Waals surface area contributed by atoms with Gasteiger partial charge in [-0.25, -0.2) is 4.79 Å². The van der Waals surface area contributed by atoms with Gasteiger partial charge in [-0.05, 0) is 11.1 Å². The Morgan fingerprint density at radius 3 is 2.06 bits per heavy atom. The molecule has 0 unspecified atom stereocenters. The van der Waals surface area contributed by atoms with Crippen LogP contribution in [0.1, 0.15) is 18.1 Å². The van der Waals surface area contributed by atoms with Gasteiger partial charge in [-0.3, -0.25) is 4.79 Å².